The van der Waals surface area contributed by atoms with E-state index in [4.69, 9.17) is 11.6 Å². The molecule has 0 spiro atoms. The lowest BCUT2D eigenvalue weighted by atomic mass is 10.1. The third kappa shape index (κ3) is 4.81. The lowest BCUT2D eigenvalue weighted by Crippen LogP contribution is -2.12. The van der Waals surface area contributed by atoms with Crippen LogP contribution in [0.25, 0.3) is 0 Å². The quantitative estimate of drug-likeness (QED) is 0.686. The molecule has 0 aliphatic carbocycles. The minimum Gasteiger partial charge on any atom is -0.380 e. The highest BCUT2D eigenvalue weighted by atomic mass is 35.5. The van der Waals surface area contributed by atoms with Crippen LogP contribution in [0.3, 0.4) is 0 Å². The smallest absolute Gasteiger partial charge is 0.257 e. The number of aryl methyl sites for hydroxylation is 1. The zero-order valence-electron chi connectivity index (χ0n) is 13.8. The predicted molar refractivity (Wildman–Crippen MR) is 102 cm³/mol. The number of rotatable bonds is 5. The van der Waals surface area contributed by atoms with Crippen molar-refractivity contribution in [3.05, 3.63) is 88.7 Å². The SMILES string of the molecule is Cc1ccc(CNc2cncc(C(=O)Nc3ccc(Cl)cc3)c2)cc1. The van der Waals surface area contributed by atoms with Crippen LogP contribution in [0.4, 0.5) is 11.4 Å². The van der Waals surface area contributed by atoms with E-state index in [1.807, 2.05) is 0 Å². The molecule has 2 aromatic carbocycles. The fourth-order valence-electron chi connectivity index (χ4n) is 2.31. The summed E-state index contributed by atoms with van der Waals surface area (Å²) in [6.07, 6.45) is 3.25. The number of pyridine rings is 1. The molecular formula is C20H18ClN3O. The van der Waals surface area contributed by atoms with Gasteiger partial charge in [-0.1, -0.05) is 41.4 Å². The minimum atomic E-state index is -0.214. The van der Waals surface area contributed by atoms with Gasteiger partial charge in [0.05, 0.1) is 11.3 Å². The van der Waals surface area contributed by atoms with Crippen LogP contribution in [0.2, 0.25) is 5.02 Å². The number of benzene rings is 2. The van der Waals surface area contributed by atoms with E-state index >= 15 is 0 Å². The van der Waals surface area contributed by atoms with E-state index in [1.165, 1.54) is 11.1 Å². The van der Waals surface area contributed by atoms with Crippen LogP contribution >= 0.6 is 11.6 Å². The first-order valence-corrected chi connectivity index (χ1v) is 8.29. The summed E-state index contributed by atoms with van der Waals surface area (Å²) in [6.45, 7) is 2.73. The average Bonchev–Trinajstić information content (AvgIpc) is 2.63. The van der Waals surface area contributed by atoms with Gasteiger partial charge in [-0.3, -0.25) is 9.78 Å². The number of hydrogen-bond acceptors (Lipinski definition) is 3. The summed E-state index contributed by atoms with van der Waals surface area (Å²) in [4.78, 5) is 16.5. The van der Waals surface area contributed by atoms with Gasteiger partial charge in [0.1, 0.15) is 0 Å². The highest BCUT2D eigenvalue weighted by Gasteiger charge is 2.07. The van der Waals surface area contributed by atoms with E-state index < -0.39 is 0 Å². The molecule has 0 aliphatic heterocycles. The summed E-state index contributed by atoms with van der Waals surface area (Å²) in [5.74, 6) is -0.214. The standard InChI is InChI=1S/C20H18ClN3O/c1-14-2-4-15(5-3-14)11-23-19-10-16(12-22-13-19)20(25)24-18-8-6-17(21)7-9-18/h2-10,12-13,23H,11H2,1H3,(H,24,25). The second kappa shape index (κ2) is 7.81. The molecule has 0 unspecified atom stereocenters. The summed E-state index contributed by atoms with van der Waals surface area (Å²) < 4.78 is 0. The lowest BCUT2D eigenvalue weighted by molar-refractivity contribution is 0.102. The van der Waals surface area contributed by atoms with E-state index in [9.17, 15) is 4.79 Å². The van der Waals surface area contributed by atoms with Gasteiger partial charge < -0.3 is 10.6 Å². The zero-order chi connectivity index (χ0) is 17.6. The molecule has 0 saturated carbocycles. The maximum absolute atomic E-state index is 12.4. The van der Waals surface area contributed by atoms with E-state index in [0.717, 1.165) is 5.69 Å². The fourth-order valence-corrected chi connectivity index (χ4v) is 2.43. The third-order valence-corrected chi connectivity index (χ3v) is 3.97. The second-order valence-corrected chi connectivity index (χ2v) is 6.20. The van der Waals surface area contributed by atoms with Crippen molar-refractivity contribution in [3.63, 3.8) is 0 Å². The van der Waals surface area contributed by atoms with Crippen molar-refractivity contribution in [2.24, 2.45) is 0 Å². The van der Waals surface area contributed by atoms with Crippen LogP contribution < -0.4 is 10.6 Å². The van der Waals surface area contributed by atoms with Crippen molar-refractivity contribution in [1.82, 2.24) is 4.98 Å². The molecule has 1 amide bonds. The minimum absolute atomic E-state index is 0.214. The molecule has 25 heavy (non-hydrogen) atoms. The molecule has 0 radical (unpaired) electrons. The van der Waals surface area contributed by atoms with Gasteiger partial charge in [-0.2, -0.15) is 0 Å². The van der Waals surface area contributed by atoms with Crippen LogP contribution in [0.15, 0.2) is 67.0 Å². The van der Waals surface area contributed by atoms with Crippen molar-refractivity contribution in [2.75, 3.05) is 10.6 Å². The number of halogens is 1. The van der Waals surface area contributed by atoms with Crippen LogP contribution in [-0.4, -0.2) is 10.9 Å². The molecule has 0 bridgehead atoms. The van der Waals surface area contributed by atoms with Crippen LogP contribution in [0.5, 0.6) is 0 Å². The number of nitrogens with zero attached hydrogens (tertiary/aromatic N) is 1. The number of hydrogen-bond donors (Lipinski definition) is 2. The topological polar surface area (TPSA) is 54.0 Å². The number of nitrogens with one attached hydrogen (secondary N) is 2. The van der Waals surface area contributed by atoms with Gasteiger partial charge in [0.15, 0.2) is 0 Å². The Bertz CT molecular complexity index is 861. The first kappa shape index (κ1) is 17.0. The summed E-state index contributed by atoms with van der Waals surface area (Å²) in [5, 5.41) is 6.74. The Balaban J connectivity index is 1.64. The summed E-state index contributed by atoms with van der Waals surface area (Å²) in [7, 11) is 0. The molecule has 5 heteroatoms. The van der Waals surface area contributed by atoms with Gasteiger partial charge in [-0.05, 0) is 42.8 Å². The molecule has 4 nitrogen and oxygen atoms in total. The van der Waals surface area contributed by atoms with E-state index in [1.54, 1.807) is 42.7 Å². The average molecular weight is 352 g/mol. The molecule has 0 fully saturated rings. The van der Waals surface area contributed by atoms with Gasteiger partial charge in [0.2, 0.25) is 0 Å². The van der Waals surface area contributed by atoms with Crippen LogP contribution in [-0.2, 0) is 6.54 Å². The Morgan fingerprint density at radius 2 is 1.72 bits per heavy atom. The van der Waals surface area contributed by atoms with E-state index in [-0.39, 0.29) is 5.91 Å². The van der Waals surface area contributed by atoms with Crippen molar-refractivity contribution in [3.8, 4) is 0 Å². The first-order valence-electron chi connectivity index (χ1n) is 7.91. The van der Waals surface area contributed by atoms with E-state index in [0.29, 0.717) is 22.8 Å². The Kier molecular flexibility index (Phi) is 5.31. The van der Waals surface area contributed by atoms with Gasteiger partial charge >= 0.3 is 0 Å². The molecule has 3 aromatic rings. The predicted octanol–water partition coefficient (Wildman–Crippen LogP) is 4.91. The number of carbonyl (C=O) groups is 1. The Labute approximate surface area is 151 Å². The molecule has 0 atom stereocenters. The number of carbonyl (C=O) groups excluding carboxylic acids is 1. The largest absolute Gasteiger partial charge is 0.380 e. The second-order valence-electron chi connectivity index (χ2n) is 5.76. The summed E-state index contributed by atoms with van der Waals surface area (Å²) in [6, 6.07) is 17.1. The lowest BCUT2D eigenvalue weighted by Gasteiger charge is -2.09. The zero-order valence-corrected chi connectivity index (χ0v) is 14.5. The van der Waals surface area contributed by atoms with Crippen molar-refractivity contribution >= 4 is 28.9 Å². The normalized spacial score (nSPS) is 10.3. The molecule has 3 rings (SSSR count). The Hall–Kier alpha value is -2.85. The fraction of sp³-hybridized carbons (Fsp3) is 0.100. The number of amides is 1. The van der Waals surface area contributed by atoms with Crippen molar-refractivity contribution in [1.29, 1.82) is 0 Å². The monoisotopic (exact) mass is 351 g/mol. The Morgan fingerprint density at radius 1 is 1.00 bits per heavy atom. The molecule has 2 N–H and O–H groups in total. The Morgan fingerprint density at radius 3 is 2.44 bits per heavy atom. The number of aromatic nitrogens is 1. The van der Waals surface area contributed by atoms with Gasteiger partial charge in [0.25, 0.3) is 5.91 Å². The first-order chi connectivity index (χ1) is 12.1. The maximum atomic E-state index is 12.4. The molecular weight excluding hydrogens is 334 g/mol. The van der Waals surface area contributed by atoms with Gasteiger partial charge in [-0.15, -0.1) is 0 Å². The maximum Gasteiger partial charge on any atom is 0.257 e. The highest BCUT2D eigenvalue weighted by Crippen LogP contribution is 2.16. The van der Waals surface area contributed by atoms with Gasteiger partial charge in [0, 0.05) is 29.6 Å². The molecule has 0 saturated heterocycles. The van der Waals surface area contributed by atoms with Crippen LogP contribution in [0, 0.1) is 6.92 Å². The van der Waals surface area contributed by atoms with Crippen molar-refractivity contribution in [2.45, 2.75) is 13.5 Å². The molecule has 1 heterocycles. The van der Waals surface area contributed by atoms with Crippen LogP contribution in [0.1, 0.15) is 21.5 Å². The highest BCUT2D eigenvalue weighted by molar-refractivity contribution is 6.30. The van der Waals surface area contributed by atoms with Gasteiger partial charge in [-0.25, -0.2) is 0 Å². The number of anilines is 2. The van der Waals surface area contributed by atoms with E-state index in [2.05, 4.69) is 46.8 Å². The van der Waals surface area contributed by atoms with Crippen molar-refractivity contribution < 1.29 is 4.79 Å². The molecule has 1 aromatic heterocycles. The third-order valence-electron chi connectivity index (χ3n) is 3.72. The molecule has 0 aliphatic rings. The summed E-state index contributed by atoms with van der Waals surface area (Å²) >= 11 is 5.85. The summed E-state index contributed by atoms with van der Waals surface area (Å²) in [5.41, 5.74) is 4.37. The molecule has 126 valence electrons.